The van der Waals surface area contributed by atoms with Gasteiger partial charge in [-0.1, -0.05) is 0 Å². The summed E-state index contributed by atoms with van der Waals surface area (Å²) in [6.45, 7) is 0.377. The van der Waals surface area contributed by atoms with Crippen molar-refractivity contribution in [1.82, 2.24) is 5.43 Å². The highest BCUT2D eigenvalue weighted by atomic mass is 16.6. The van der Waals surface area contributed by atoms with Gasteiger partial charge in [-0.05, 0) is 18.2 Å². The van der Waals surface area contributed by atoms with Crippen LogP contribution in [0.4, 0.5) is 5.88 Å². The third-order valence-electron chi connectivity index (χ3n) is 1.53. The number of furan rings is 1. The topological polar surface area (TPSA) is 101 Å². The summed E-state index contributed by atoms with van der Waals surface area (Å²) in [7, 11) is 0. The second-order valence-electron chi connectivity index (χ2n) is 2.70. The van der Waals surface area contributed by atoms with Crippen LogP contribution in [0, 0.1) is 10.1 Å². The monoisotopic (exact) mass is 225 g/mol. The van der Waals surface area contributed by atoms with Gasteiger partial charge in [0.2, 0.25) is 0 Å². The Labute approximate surface area is 91.2 Å². The van der Waals surface area contributed by atoms with Crippen LogP contribution in [0.1, 0.15) is 5.76 Å². The first-order chi connectivity index (χ1) is 7.74. The molecule has 0 radical (unpaired) electrons. The maximum atomic E-state index is 10.3. The number of aliphatic hydroxyl groups excluding tert-OH is 1. The number of rotatable bonds is 6. The Morgan fingerprint density at radius 1 is 1.62 bits per heavy atom. The summed E-state index contributed by atoms with van der Waals surface area (Å²) >= 11 is 0. The van der Waals surface area contributed by atoms with E-state index in [0.717, 1.165) is 0 Å². The van der Waals surface area contributed by atoms with Crippen molar-refractivity contribution >= 4 is 18.2 Å². The summed E-state index contributed by atoms with van der Waals surface area (Å²) in [6.07, 6.45) is 4.55. The summed E-state index contributed by atoms with van der Waals surface area (Å²) in [5.74, 6) is 0.0790. The quantitative estimate of drug-likeness (QED) is 0.322. The average Bonchev–Trinajstić information content (AvgIpc) is 2.72. The molecule has 0 spiro atoms. The molecule has 1 aromatic heterocycles. The van der Waals surface area contributed by atoms with Crippen LogP contribution in [0.5, 0.6) is 0 Å². The molecule has 0 fully saturated rings. The van der Waals surface area contributed by atoms with Crippen LogP contribution in [0.15, 0.2) is 27.7 Å². The van der Waals surface area contributed by atoms with Crippen molar-refractivity contribution in [2.45, 2.75) is 0 Å². The largest absolute Gasteiger partial charge is 0.433 e. The summed E-state index contributed by atoms with van der Waals surface area (Å²) in [5.41, 5.74) is 2.57. The first-order valence-corrected chi connectivity index (χ1v) is 4.51. The lowest BCUT2D eigenvalue weighted by Gasteiger charge is -1.91. The van der Waals surface area contributed by atoms with Crippen LogP contribution in [-0.2, 0) is 0 Å². The third-order valence-corrected chi connectivity index (χ3v) is 1.53. The van der Waals surface area contributed by atoms with Gasteiger partial charge in [-0.25, -0.2) is 0 Å². The van der Waals surface area contributed by atoms with E-state index >= 15 is 0 Å². The van der Waals surface area contributed by atoms with E-state index in [2.05, 4.69) is 10.5 Å². The fourth-order valence-corrected chi connectivity index (χ4v) is 0.878. The zero-order valence-electron chi connectivity index (χ0n) is 8.37. The average molecular weight is 225 g/mol. The number of nitrogens with one attached hydrogen (secondary N) is 1. The van der Waals surface area contributed by atoms with E-state index in [1.807, 2.05) is 0 Å². The summed E-state index contributed by atoms with van der Waals surface area (Å²) in [5, 5.41) is 22.4. The Morgan fingerprint density at radius 3 is 3.06 bits per heavy atom. The van der Waals surface area contributed by atoms with Crippen LogP contribution < -0.4 is 5.43 Å². The van der Waals surface area contributed by atoms with E-state index in [1.54, 1.807) is 6.08 Å². The molecule has 0 aliphatic heterocycles. The van der Waals surface area contributed by atoms with Gasteiger partial charge in [0.15, 0.2) is 0 Å². The first-order valence-electron chi connectivity index (χ1n) is 4.51. The SMILES string of the molecule is O=[N+]([O-])c1ccc(C=CC=NNCCO)o1. The molecular weight excluding hydrogens is 214 g/mol. The van der Waals surface area contributed by atoms with Crippen molar-refractivity contribution in [3.8, 4) is 0 Å². The Balaban J connectivity index is 2.43. The summed E-state index contributed by atoms with van der Waals surface area (Å²) in [6, 6.07) is 2.77. The van der Waals surface area contributed by atoms with Crippen molar-refractivity contribution in [2.75, 3.05) is 13.2 Å². The molecule has 0 saturated heterocycles. The van der Waals surface area contributed by atoms with E-state index in [9.17, 15) is 10.1 Å². The van der Waals surface area contributed by atoms with Crippen LogP contribution in [-0.4, -0.2) is 29.4 Å². The second kappa shape index (κ2) is 6.36. The Kier molecular flexibility index (Phi) is 4.74. The van der Waals surface area contributed by atoms with Gasteiger partial charge < -0.3 is 14.9 Å². The molecule has 1 rings (SSSR count). The molecular formula is C9H11N3O4. The van der Waals surface area contributed by atoms with Crippen molar-refractivity contribution < 1.29 is 14.4 Å². The highest BCUT2D eigenvalue weighted by Gasteiger charge is 2.09. The molecule has 0 unspecified atom stereocenters. The smallest absolute Gasteiger partial charge is 0.401 e. The van der Waals surface area contributed by atoms with Gasteiger partial charge in [-0.3, -0.25) is 10.1 Å². The lowest BCUT2D eigenvalue weighted by atomic mass is 10.4. The number of nitrogens with zero attached hydrogens (tertiary/aromatic N) is 2. The van der Waals surface area contributed by atoms with Gasteiger partial charge >= 0.3 is 5.88 Å². The molecule has 1 heterocycles. The maximum Gasteiger partial charge on any atom is 0.433 e. The zero-order valence-corrected chi connectivity index (χ0v) is 8.37. The molecule has 0 amide bonds. The van der Waals surface area contributed by atoms with E-state index in [-0.39, 0.29) is 12.5 Å². The molecule has 7 heteroatoms. The minimum atomic E-state index is -0.603. The Hall–Kier alpha value is -2.15. The van der Waals surface area contributed by atoms with Crippen molar-refractivity contribution in [1.29, 1.82) is 0 Å². The lowest BCUT2D eigenvalue weighted by Crippen LogP contribution is -2.10. The second-order valence-corrected chi connectivity index (χ2v) is 2.70. The summed E-state index contributed by atoms with van der Waals surface area (Å²) < 4.78 is 4.86. The van der Waals surface area contributed by atoms with Crippen LogP contribution in [0.3, 0.4) is 0 Å². The number of nitro groups is 1. The molecule has 16 heavy (non-hydrogen) atoms. The van der Waals surface area contributed by atoms with Crippen LogP contribution in [0.25, 0.3) is 6.08 Å². The van der Waals surface area contributed by atoms with Gasteiger partial charge in [0.25, 0.3) is 0 Å². The van der Waals surface area contributed by atoms with Crippen molar-refractivity contribution in [3.05, 3.63) is 34.1 Å². The fraction of sp³-hybridized carbons (Fsp3) is 0.222. The molecule has 1 aromatic rings. The standard InChI is InChI=1S/C9H11N3O4/c13-7-6-11-10-5-1-2-8-3-4-9(16-8)12(14)15/h1-5,11,13H,6-7H2. The number of hydrogen-bond donors (Lipinski definition) is 2. The van der Waals surface area contributed by atoms with E-state index in [0.29, 0.717) is 12.3 Å². The minimum absolute atomic E-state index is 0.00539. The van der Waals surface area contributed by atoms with Crippen molar-refractivity contribution in [2.24, 2.45) is 5.10 Å². The normalized spacial score (nSPS) is 11.3. The molecule has 7 nitrogen and oxygen atoms in total. The van der Waals surface area contributed by atoms with Crippen LogP contribution in [0.2, 0.25) is 0 Å². The zero-order chi connectivity index (χ0) is 11.8. The fourth-order valence-electron chi connectivity index (χ4n) is 0.878. The predicted molar refractivity (Wildman–Crippen MR) is 58.0 cm³/mol. The van der Waals surface area contributed by atoms with Crippen molar-refractivity contribution in [3.63, 3.8) is 0 Å². The van der Waals surface area contributed by atoms with Gasteiger partial charge in [0.05, 0.1) is 19.2 Å². The maximum absolute atomic E-state index is 10.3. The molecule has 0 atom stereocenters. The molecule has 0 aromatic carbocycles. The predicted octanol–water partition coefficient (Wildman–Crippen LogP) is 0.769. The molecule has 0 saturated carbocycles. The first kappa shape index (κ1) is 11.9. The molecule has 2 N–H and O–H groups in total. The van der Waals surface area contributed by atoms with E-state index < -0.39 is 4.92 Å². The minimum Gasteiger partial charge on any atom is -0.401 e. The van der Waals surface area contributed by atoms with Gasteiger partial charge in [0.1, 0.15) is 10.7 Å². The lowest BCUT2D eigenvalue weighted by molar-refractivity contribution is -0.402. The van der Waals surface area contributed by atoms with Gasteiger partial charge in [0, 0.05) is 6.21 Å². The van der Waals surface area contributed by atoms with Gasteiger partial charge in [-0.15, -0.1) is 0 Å². The number of allylic oxidation sites excluding steroid dienone is 1. The molecule has 0 aliphatic rings. The Morgan fingerprint density at radius 2 is 2.44 bits per heavy atom. The molecule has 86 valence electrons. The number of aliphatic hydroxyl groups is 1. The van der Waals surface area contributed by atoms with Crippen LogP contribution >= 0.6 is 0 Å². The van der Waals surface area contributed by atoms with E-state index in [1.165, 1.54) is 24.4 Å². The van der Waals surface area contributed by atoms with E-state index in [4.69, 9.17) is 9.52 Å². The van der Waals surface area contributed by atoms with Gasteiger partial charge in [-0.2, -0.15) is 5.10 Å². The molecule has 0 aliphatic carbocycles. The number of hydrogen-bond acceptors (Lipinski definition) is 6. The number of hydrazone groups is 1. The Bertz CT molecular complexity index is 397. The third kappa shape index (κ3) is 3.93. The highest BCUT2D eigenvalue weighted by molar-refractivity contribution is 5.77. The molecule has 0 bridgehead atoms. The highest BCUT2D eigenvalue weighted by Crippen LogP contribution is 2.16. The summed E-state index contributed by atoms with van der Waals surface area (Å²) in [4.78, 5) is 9.69.